The number of thioether (sulfide) groups is 1. The van der Waals surface area contributed by atoms with E-state index in [0.29, 0.717) is 0 Å². The van der Waals surface area contributed by atoms with E-state index in [4.69, 9.17) is 10.00 Å². The molecule has 0 bridgehead atoms. The summed E-state index contributed by atoms with van der Waals surface area (Å²) in [6.07, 6.45) is 3.08. The van der Waals surface area contributed by atoms with Crippen molar-refractivity contribution in [3.8, 4) is 11.2 Å². The Morgan fingerprint density at radius 1 is 1.30 bits per heavy atom. The van der Waals surface area contributed by atoms with Crippen LogP contribution >= 0.6 is 11.8 Å². The van der Waals surface area contributed by atoms with Crippen molar-refractivity contribution >= 4 is 11.8 Å². The second-order valence-corrected chi connectivity index (χ2v) is 6.85. The maximum absolute atomic E-state index is 8.53. The summed E-state index contributed by atoms with van der Waals surface area (Å²) in [5, 5.41) is 10.6. The Morgan fingerprint density at radius 3 is 2.65 bits per heavy atom. The van der Waals surface area contributed by atoms with Crippen molar-refractivity contribution in [1.82, 2.24) is 0 Å². The first-order chi connectivity index (χ1) is 9.49. The number of ether oxygens (including phenoxy) is 1. The van der Waals surface area contributed by atoms with Gasteiger partial charge in [0.25, 0.3) is 0 Å². The fraction of sp³-hybridized carbons (Fsp3) is 0.588. The predicted octanol–water partition coefficient (Wildman–Crippen LogP) is 4.92. The minimum Gasteiger partial charge on any atom is -0.493 e. The van der Waals surface area contributed by atoms with Gasteiger partial charge in [0, 0.05) is 5.75 Å². The molecule has 1 aromatic carbocycles. The molecule has 0 aliphatic carbocycles. The third-order valence-corrected chi connectivity index (χ3v) is 3.71. The molecule has 0 aliphatic heterocycles. The van der Waals surface area contributed by atoms with E-state index in [-0.39, 0.29) is 5.41 Å². The molecule has 0 amide bonds. The second-order valence-electron chi connectivity index (χ2n) is 5.97. The Bertz CT molecular complexity index is 457. The first-order valence-electron chi connectivity index (χ1n) is 7.26. The van der Waals surface area contributed by atoms with Gasteiger partial charge in [0.15, 0.2) is 0 Å². The molecule has 110 valence electrons. The van der Waals surface area contributed by atoms with Crippen molar-refractivity contribution in [2.24, 2.45) is 0 Å². The van der Waals surface area contributed by atoms with Gasteiger partial charge in [-0.2, -0.15) is 5.26 Å². The molecule has 0 spiro atoms. The predicted molar refractivity (Wildman–Crippen MR) is 87.3 cm³/mol. The standard InChI is InChI=1S/C17H25NOS/c1-5-10-19-16-9-8-14(7-6-11-20-13-18)12-15(16)17(2,3)4/h8-9,12H,5-7,10-11H2,1-4H3. The summed E-state index contributed by atoms with van der Waals surface area (Å²) in [6.45, 7) is 9.54. The second kappa shape index (κ2) is 8.21. The van der Waals surface area contributed by atoms with E-state index in [9.17, 15) is 0 Å². The molecule has 0 radical (unpaired) electrons. The lowest BCUT2D eigenvalue weighted by Crippen LogP contribution is -2.14. The third-order valence-electron chi connectivity index (χ3n) is 3.09. The maximum atomic E-state index is 8.53. The first-order valence-corrected chi connectivity index (χ1v) is 8.24. The van der Waals surface area contributed by atoms with E-state index in [2.05, 4.69) is 51.3 Å². The largest absolute Gasteiger partial charge is 0.493 e. The molecule has 0 aliphatic rings. The number of hydrogen-bond donors (Lipinski definition) is 0. The highest BCUT2D eigenvalue weighted by molar-refractivity contribution is 8.03. The summed E-state index contributed by atoms with van der Waals surface area (Å²) >= 11 is 1.33. The van der Waals surface area contributed by atoms with Crippen LogP contribution in [0.2, 0.25) is 0 Å². The highest BCUT2D eigenvalue weighted by atomic mass is 32.2. The Hall–Kier alpha value is -1.14. The number of nitrogens with zero attached hydrogens (tertiary/aromatic N) is 1. The van der Waals surface area contributed by atoms with Crippen molar-refractivity contribution < 1.29 is 4.74 Å². The van der Waals surface area contributed by atoms with Gasteiger partial charge in [0.2, 0.25) is 0 Å². The lowest BCUT2D eigenvalue weighted by Gasteiger charge is -2.23. The van der Waals surface area contributed by atoms with Gasteiger partial charge >= 0.3 is 0 Å². The minimum absolute atomic E-state index is 0.0838. The molecule has 0 fully saturated rings. The van der Waals surface area contributed by atoms with Crippen molar-refractivity contribution in [1.29, 1.82) is 5.26 Å². The summed E-state index contributed by atoms with van der Waals surface area (Å²) < 4.78 is 5.86. The van der Waals surface area contributed by atoms with Crippen LogP contribution < -0.4 is 4.74 Å². The minimum atomic E-state index is 0.0838. The number of hydrogen-bond acceptors (Lipinski definition) is 3. The van der Waals surface area contributed by atoms with E-state index in [1.807, 2.05) is 0 Å². The highest BCUT2D eigenvalue weighted by Crippen LogP contribution is 2.32. The molecule has 0 saturated heterocycles. The number of rotatable bonds is 7. The Kier molecular flexibility index (Phi) is 6.95. The van der Waals surface area contributed by atoms with Crippen molar-refractivity contribution in [3.63, 3.8) is 0 Å². The molecular formula is C17H25NOS. The molecule has 1 rings (SSSR count). The summed E-state index contributed by atoms with van der Waals surface area (Å²) in [5.74, 6) is 1.91. The summed E-state index contributed by atoms with van der Waals surface area (Å²) in [5.41, 5.74) is 2.69. The van der Waals surface area contributed by atoms with Crippen LogP contribution in [0.15, 0.2) is 18.2 Å². The van der Waals surface area contributed by atoms with Gasteiger partial charge in [-0.3, -0.25) is 0 Å². The van der Waals surface area contributed by atoms with Crippen LogP contribution in [0.4, 0.5) is 0 Å². The quantitative estimate of drug-likeness (QED) is 0.528. The number of thiocyanates is 1. The molecule has 3 heteroatoms. The van der Waals surface area contributed by atoms with E-state index in [1.165, 1.54) is 22.9 Å². The number of benzene rings is 1. The van der Waals surface area contributed by atoms with Crippen LogP contribution in [0.5, 0.6) is 5.75 Å². The highest BCUT2D eigenvalue weighted by Gasteiger charge is 2.19. The van der Waals surface area contributed by atoms with Gasteiger partial charge in [-0.15, -0.1) is 0 Å². The van der Waals surface area contributed by atoms with E-state index in [0.717, 1.165) is 37.4 Å². The maximum Gasteiger partial charge on any atom is 0.133 e. The average molecular weight is 291 g/mol. The molecule has 0 N–H and O–H groups in total. The fourth-order valence-corrected chi connectivity index (χ4v) is 2.43. The number of aryl methyl sites for hydroxylation is 1. The summed E-state index contributed by atoms with van der Waals surface area (Å²) in [4.78, 5) is 0. The van der Waals surface area contributed by atoms with Crippen LogP contribution in [0, 0.1) is 10.7 Å². The molecular weight excluding hydrogens is 266 g/mol. The molecule has 1 aromatic rings. The third kappa shape index (κ3) is 5.46. The molecule has 0 aromatic heterocycles. The van der Waals surface area contributed by atoms with Crippen LogP contribution in [0.25, 0.3) is 0 Å². The van der Waals surface area contributed by atoms with Crippen LogP contribution in [0.3, 0.4) is 0 Å². The Labute approximate surface area is 127 Å². The molecule has 2 nitrogen and oxygen atoms in total. The van der Waals surface area contributed by atoms with E-state index >= 15 is 0 Å². The van der Waals surface area contributed by atoms with Crippen LogP contribution in [-0.4, -0.2) is 12.4 Å². The van der Waals surface area contributed by atoms with E-state index in [1.54, 1.807) is 0 Å². The zero-order chi connectivity index (χ0) is 15.0. The molecule has 0 heterocycles. The fourth-order valence-electron chi connectivity index (χ4n) is 2.05. The van der Waals surface area contributed by atoms with Crippen LogP contribution in [0.1, 0.15) is 51.7 Å². The SMILES string of the molecule is CCCOc1ccc(CCCSC#N)cc1C(C)(C)C. The summed E-state index contributed by atoms with van der Waals surface area (Å²) in [7, 11) is 0. The molecule has 0 unspecified atom stereocenters. The lowest BCUT2D eigenvalue weighted by molar-refractivity contribution is 0.308. The van der Waals surface area contributed by atoms with Gasteiger partial charge in [-0.25, -0.2) is 0 Å². The Morgan fingerprint density at radius 2 is 2.05 bits per heavy atom. The normalized spacial score (nSPS) is 11.2. The zero-order valence-electron chi connectivity index (χ0n) is 13.0. The van der Waals surface area contributed by atoms with Gasteiger partial charge in [0.1, 0.15) is 11.2 Å². The smallest absolute Gasteiger partial charge is 0.133 e. The number of nitriles is 1. The van der Waals surface area contributed by atoms with Crippen molar-refractivity contribution in [2.45, 2.75) is 52.4 Å². The van der Waals surface area contributed by atoms with Gasteiger partial charge < -0.3 is 4.74 Å². The monoisotopic (exact) mass is 291 g/mol. The summed E-state index contributed by atoms with van der Waals surface area (Å²) in [6, 6.07) is 6.52. The van der Waals surface area contributed by atoms with Crippen LogP contribution in [-0.2, 0) is 11.8 Å². The lowest BCUT2D eigenvalue weighted by atomic mass is 9.85. The molecule has 0 saturated carbocycles. The molecule has 20 heavy (non-hydrogen) atoms. The average Bonchev–Trinajstić information content (AvgIpc) is 2.41. The Balaban J connectivity index is 2.82. The van der Waals surface area contributed by atoms with Crippen molar-refractivity contribution in [2.75, 3.05) is 12.4 Å². The van der Waals surface area contributed by atoms with Gasteiger partial charge in [0.05, 0.1) is 6.61 Å². The topological polar surface area (TPSA) is 33.0 Å². The van der Waals surface area contributed by atoms with E-state index < -0.39 is 0 Å². The first kappa shape index (κ1) is 16.9. The molecule has 0 atom stereocenters. The van der Waals surface area contributed by atoms with Crippen molar-refractivity contribution in [3.05, 3.63) is 29.3 Å². The zero-order valence-corrected chi connectivity index (χ0v) is 13.8. The van der Waals surface area contributed by atoms with Gasteiger partial charge in [-0.1, -0.05) is 39.8 Å². The van der Waals surface area contributed by atoms with Gasteiger partial charge in [-0.05, 0) is 53.6 Å².